The first-order valence-electron chi connectivity index (χ1n) is 6.20. The molecule has 1 amide bonds. The summed E-state index contributed by atoms with van der Waals surface area (Å²) in [5.41, 5.74) is 0.254. The van der Waals surface area contributed by atoms with Crippen LogP contribution in [0.4, 0.5) is 0 Å². The van der Waals surface area contributed by atoms with Crippen LogP contribution in [0.3, 0.4) is 0 Å². The first-order chi connectivity index (χ1) is 9.47. The SMILES string of the molecule is CC(=O)NCC(O)C(O)c1ccc2c[nH]c(=O)cc2c1. The second-order valence-corrected chi connectivity index (χ2v) is 4.63. The Morgan fingerprint density at radius 1 is 1.30 bits per heavy atom. The van der Waals surface area contributed by atoms with Gasteiger partial charge in [-0.05, 0) is 22.4 Å². The van der Waals surface area contributed by atoms with Crippen LogP contribution in [-0.4, -0.2) is 33.8 Å². The highest BCUT2D eigenvalue weighted by atomic mass is 16.3. The molecule has 2 atom stereocenters. The van der Waals surface area contributed by atoms with Crippen molar-refractivity contribution < 1.29 is 15.0 Å². The molecule has 20 heavy (non-hydrogen) atoms. The van der Waals surface area contributed by atoms with Gasteiger partial charge < -0.3 is 20.5 Å². The molecule has 1 aromatic carbocycles. The average molecular weight is 276 g/mol. The molecule has 0 aliphatic rings. The van der Waals surface area contributed by atoms with Crippen LogP contribution in [0.5, 0.6) is 0 Å². The highest BCUT2D eigenvalue weighted by Gasteiger charge is 2.18. The molecule has 0 spiro atoms. The quantitative estimate of drug-likeness (QED) is 0.634. The molecule has 6 nitrogen and oxygen atoms in total. The summed E-state index contributed by atoms with van der Waals surface area (Å²) < 4.78 is 0. The number of benzene rings is 1. The van der Waals surface area contributed by atoms with E-state index in [0.717, 1.165) is 5.39 Å². The second kappa shape index (κ2) is 5.85. The number of fused-ring (bicyclic) bond motifs is 1. The van der Waals surface area contributed by atoms with E-state index in [9.17, 15) is 19.8 Å². The lowest BCUT2D eigenvalue weighted by Crippen LogP contribution is -2.34. The summed E-state index contributed by atoms with van der Waals surface area (Å²) in [6.07, 6.45) is -0.662. The van der Waals surface area contributed by atoms with Crippen LogP contribution in [0.15, 0.2) is 35.3 Å². The van der Waals surface area contributed by atoms with Crippen molar-refractivity contribution in [1.82, 2.24) is 10.3 Å². The molecule has 1 aromatic heterocycles. The fourth-order valence-corrected chi connectivity index (χ4v) is 1.95. The van der Waals surface area contributed by atoms with E-state index in [4.69, 9.17) is 0 Å². The number of pyridine rings is 1. The van der Waals surface area contributed by atoms with Gasteiger partial charge in [0.25, 0.3) is 0 Å². The summed E-state index contributed by atoms with van der Waals surface area (Å²) in [7, 11) is 0. The van der Waals surface area contributed by atoms with Crippen LogP contribution in [0.25, 0.3) is 10.8 Å². The molecule has 0 bridgehead atoms. The van der Waals surface area contributed by atoms with Crippen molar-refractivity contribution in [3.8, 4) is 0 Å². The molecule has 4 N–H and O–H groups in total. The van der Waals surface area contributed by atoms with Gasteiger partial charge in [-0.25, -0.2) is 0 Å². The Hall–Kier alpha value is -2.18. The predicted octanol–water partition coefficient (Wildman–Crippen LogP) is 0.0585. The van der Waals surface area contributed by atoms with Gasteiger partial charge in [0.05, 0.1) is 0 Å². The Morgan fingerprint density at radius 3 is 2.75 bits per heavy atom. The maximum absolute atomic E-state index is 11.3. The molecule has 106 valence electrons. The normalized spacial score (nSPS) is 13.9. The maximum Gasteiger partial charge on any atom is 0.248 e. The maximum atomic E-state index is 11.3. The van der Waals surface area contributed by atoms with E-state index in [1.165, 1.54) is 13.0 Å². The lowest BCUT2D eigenvalue weighted by atomic mass is 10.0. The molecule has 2 rings (SSSR count). The Bertz CT molecular complexity index is 680. The molecule has 6 heteroatoms. The second-order valence-electron chi connectivity index (χ2n) is 4.63. The van der Waals surface area contributed by atoms with Gasteiger partial charge in [-0.1, -0.05) is 12.1 Å². The summed E-state index contributed by atoms with van der Waals surface area (Å²) in [5.74, 6) is -0.277. The number of aromatic amines is 1. The summed E-state index contributed by atoms with van der Waals surface area (Å²) >= 11 is 0. The van der Waals surface area contributed by atoms with Gasteiger partial charge in [-0.3, -0.25) is 9.59 Å². The van der Waals surface area contributed by atoms with Crippen LogP contribution in [-0.2, 0) is 4.79 Å². The lowest BCUT2D eigenvalue weighted by Gasteiger charge is -2.18. The first kappa shape index (κ1) is 14.2. The van der Waals surface area contributed by atoms with Crippen LogP contribution in [0, 0.1) is 0 Å². The van der Waals surface area contributed by atoms with Gasteiger partial charge >= 0.3 is 0 Å². The third-order valence-electron chi connectivity index (χ3n) is 3.03. The molecule has 0 aliphatic carbocycles. The zero-order chi connectivity index (χ0) is 14.7. The number of carbonyl (C=O) groups excluding carboxylic acids is 1. The Kier molecular flexibility index (Phi) is 4.16. The van der Waals surface area contributed by atoms with Crippen molar-refractivity contribution in [3.63, 3.8) is 0 Å². The minimum Gasteiger partial charge on any atom is -0.388 e. The molecule has 1 heterocycles. The number of nitrogens with one attached hydrogen (secondary N) is 2. The zero-order valence-corrected chi connectivity index (χ0v) is 11.0. The van der Waals surface area contributed by atoms with Gasteiger partial charge in [0, 0.05) is 25.7 Å². The third kappa shape index (κ3) is 3.23. The van der Waals surface area contributed by atoms with Gasteiger partial charge in [0.2, 0.25) is 11.5 Å². The van der Waals surface area contributed by atoms with Crippen LogP contribution in [0.2, 0.25) is 0 Å². The number of rotatable bonds is 4. The van der Waals surface area contributed by atoms with Crippen molar-refractivity contribution in [3.05, 3.63) is 46.4 Å². The Morgan fingerprint density at radius 2 is 2.05 bits per heavy atom. The minimum absolute atomic E-state index is 0.0378. The van der Waals surface area contributed by atoms with Crippen molar-refractivity contribution in [2.75, 3.05) is 6.54 Å². The highest BCUT2D eigenvalue weighted by molar-refractivity contribution is 5.82. The van der Waals surface area contributed by atoms with E-state index in [-0.39, 0.29) is 18.0 Å². The predicted molar refractivity (Wildman–Crippen MR) is 74.2 cm³/mol. The summed E-state index contributed by atoms with van der Waals surface area (Å²) in [4.78, 5) is 24.6. The van der Waals surface area contributed by atoms with Gasteiger partial charge in [0.15, 0.2) is 0 Å². The van der Waals surface area contributed by atoms with E-state index in [2.05, 4.69) is 10.3 Å². The first-order valence-corrected chi connectivity index (χ1v) is 6.20. The van der Waals surface area contributed by atoms with E-state index < -0.39 is 12.2 Å². The third-order valence-corrected chi connectivity index (χ3v) is 3.03. The molecule has 0 radical (unpaired) electrons. The van der Waals surface area contributed by atoms with E-state index >= 15 is 0 Å². The van der Waals surface area contributed by atoms with Crippen LogP contribution in [0.1, 0.15) is 18.6 Å². The average Bonchev–Trinajstić information content (AvgIpc) is 2.43. The molecule has 2 unspecified atom stereocenters. The van der Waals surface area contributed by atoms with Crippen molar-refractivity contribution >= 4 is 16.7 Å². The van der Waals surface area contributed by atoms with E-state index in [1.807, 2.05) is 0 Å². The number of H-pyrrole nitrogens is 1. The number of aliphatic hydroxyl groups excluding tert-OH is 2. The lowest BCUT2D eigenvalue weighted by molar-refractivity contribution is -0.119. The zero-order valence-electron chi connectivity index (χ0n) is 11.0. The van der Waals surface area contributed by atoms with E-state index in [1.54, 1.807) is 24.4 Å². The molecule has 0 saturated heterocycles. The standard InChI is InChI=1S/C14H16N2O4/c1-8(17)15-7-12(18)14(20)9-2-3-10-6-16-13(19)5-11(10)4-9/h2-6,12,14,18,20H,7H2,1H3,(H,15,17)(H,16,19). The summed E-state index contributed by atoms with van der Waals surface area (Å²) in [5, 5.41) is 23.8. The Balaban J connectivity index is 2.23. The fraction of sp³-hybridized carbons (Fsp3) is 0.286. The summed E-state index contributed by atoms with van der Waals surface area (Å²) in [6.45, 7) is 1.30. The number of hydrogen-bond acceptors (Lipinski definition) is 4. The van der Waals surface area contributed by atoms with Crippen molar-refractivity contribution in [2.24, 2.45) is 0 Å². The highest BCUT2D eigenvalue weighted by Crippen LogP contribution is 2.21. The van der Waals surface area contributed by atoms with Crippen molar-refractivity contribution in [1.29, 1.82) is 0 Å². The molecule has 0 aliphatic heterocycles. The Labute approximate surface area is 115 Å². The van der Waals surface area contributed by atoms with Crippen LogP contribution >= 0.6 is 0 Å². The summed E-state index contributed by atoms with van der Waals surface area (Å²) in [6, 6.07) is 6.48. The number of carbonyl (C=O) groups is 1. The molecule has 2 aromatic rings. The van der Waals surface area contributed by atoms with Gasteiger partial charge in [-0.15, -0.1) is 0 Å². The molecule has 0 saturated carbocycles. The smallest absolute Gasteiger partial charge is 0.248 e. The number of aromatic nitrogens is 1. The number of amides is 1. The van der Waals surface area contributed by atoms with E-state index in [0.29, 0.717) is 10.9 Å². The van der Waals surface area contributed by atoms with Gasteiger partial charge in [0.1, 0.15) is 12.2 Å². The fourth-order valence-electron chi connectivity index (χ4n) is 1.95. The van der Waals surface area contributed by atoms with Crippen LogP contribution < -0.4 is 10.9 Å². The minimum atomic E-state index is -1.13. The number of aliphatic hydroxyl groups is 2. The topological polar surface area (TPSA) is 102 Å². The molecular formula is C14H16N2O4. The van der Waals surface area contributed by atoms with Gasteiger partial charge in [-0.2, -0.15) is 0 Å². The molecular weight excluding hydrogens is 260 g/mol. The number of hydrogen-bond donors (Lipinski definition) is 4. The molecule has 0 fully saturated rings. The largest absolute Gasteiger partial charge is 0.388 e. The monoisotopic (exact) mass is 276 g/mol. The van der Waals surface area contributed by atoms with Crippen molar-refractivity contribution in [2.45, 2.75) is 19.1 Å².